The topological polar surface area (TPSA) is 34.9 Å². The summed E-state index contributed by atoms with van der Waals surface area (Å²) in [5.41, 5.74) is 2.30. The number of aromatic nitrogens is 2. The van der Waals surface area contributed by atoms with Crippen molar-refractivity contribution in [2.24, 2.45) is 0 Å². The van der Waals surface area contributed by atoms with E-state index in [4.69, 9.17) is 23.2 Å². The Morgan fingerprint density at radius 1 is 1.00 bits per heavy atom. The van der Waals surface area contributed by atoms with E-state index in [1.807, 2.05) is 36.4 Å². The van der Waals surface area contributed by atoms with Gasteiger partial charge in [0.05, 0.1) is 21.3 Å². The van der Waals surface area contributed by atoms with Gasteiger partial charge in [0, 0.05) is 5.56 Å². The predicted octanol–water partition coefficient (Wildman–Crippen LogP) is 5.42. The first-order valence-electron chi connectivity index (χ1n) is 6.37. The number of aldehydes is 1. The number of rotatable bonds is 3. The maximum atomic E-state index is 11.5. The number of hydrogen-bond donors (Lipinski definition) is 0. The average Bonchev–Trinajstić information content (AvgIpc) is 2.85. The summed E-state index contributed by atoms with van der Waals surface area (Å²) in [5.74, 6) is 0. The molecule has 0 atom stereocenters. The van der Waals surface area contributed by atoms with E-state index < -0.39 is 0 Å². The Balaban J connectivity index is 2.27. The fourth-order valence-electron chi connectivity index (χ4n) is 2.15. The summed E-state index contributed by atoms with van der Waals surface area (Å²) in [6, 6.07) is 14.5. The maximum absolute atomic E-state index is 11.5. The second-order valence-corrected chi connectivity index (χ2v) is 6.08. The summed E-state index contributed by atoms with van der Waals surface area (Å²) < 4.78 is 2.12. The Morgan fingerprint density at radius 2 is 1.64 bits per heavy atom. The highest BCUT2D eigenvalue weighted by molar-refractivity contribution is 9.10. The Morgan fingerprint density at radius 3 is 2.27 bits per heavy atom. The van der Waals surface area contributed by atoms with Crippen molar-refractivity contribution in [1.82, 2.24) is 9.78 Å². The van der Waals surface area contributed by atoms with Crippen LogP contribution >= 0.6 is 39.1 Å². The van der Waals surface area contributed by atoms with Crippen LogP contribution in [0.3, 0.4) is 0 Å². The van der Waals surface area contributed by atoms with E-state index in [0.717, 1.165) is 6.29 Å². The van der Waals surface area contributed by atoms with Gasteiger partial charge in [0.15, 0.2) is 6.29 Å². The Labute approximate surface area is 145 Å². The third-order valence-corrected chi connectivity index (χ3v) is 4.60. The lowest BCUT2D eigenvalue weighted by Crippen LogP contribution is -1.97. The first-order valence-corrected chi connectivity index (χ1v) is 7.92. The summed E-state index contributed by atoms with van der Waals surface area (Å²) >= 11 is 15.9. The summed E-state index contributed by atoms with van der Waals surface area (Å²) in [7, 11) is 0. The van der Waals surface area contributed by atoms with Crippen LogP contribution in [0.4, 0.5) is 0 Å². The number of para-hydroxylation sites is 1. The Bertz CT molecular complexity index is 861. The minimum atomic E-state index is 0.424. The van der Waals surface area contributed by atoms with Gasteiger partial charge in [-0.1, -0.05) is 53.5 Å². The highest BCUT2D eigenvalue weighted by Gasteiger charge is 2.20. The molecule has 22 heavy (non-hydrogen) atoms. The number of benzene rings is 2. The fourth-order valence-corrected chi connectivity index (χ4v) is 3.14. The molecular formula is C16H9BrCl2N2O. The highest BCUT2D eigenvalue weighted by atomic mass is 79.9. The van der Waals surface area contributed by atoms with Gasteiger partial charge in [-0.25, -0.2) is 4.68 Å². The molecule has 0 aliphatic heterocycles. The van der Waals surface area contributed by atoms with Gasteiger partial charge in [-0.15, -0.1) is 0 Å². The normalized spacial score (nSPS) is 10.7. The average molecular weight is 396 g/mol. The highest BCUT2D eigenvalue weighted by Crippen LogP contribution is 2.34. The van der Waals surface area contributed by atoms with Crippen LogP contribution in [0.25, 0.3) is 16.9 Å². The molecule has 0 unspecified atom stereocenters. The Hall–Kier alpha value is -1.62. The van der Waals surface area contributed by atoms with Crippen molar-refractivity contribution in [3.8, 4) is 16.9 Å². The van der Waals surface area contributed by atoms with E-state index in [0.29, 0.717) is 37.2 Å². The standard InChI is InChI=1S/C16H9BrCl2N2O/c17-16-11(9-22)15(10-5-1-2-6-12(10)18)20-21(16)14-8-4-3-7-13(14)19/h1-9H. The third kappa shape index (κ3) is 2.58. The van der Waals surface area contributed by atoms with Gasteiger partial charge in [-0.05, 0) is 34.1 Å². The summed E-state index contributed by atoms with van der Waals surface area (Å²) in [6.07, 6.45) is 0.753. The summed E-state index contributed by atoms with van der Waals surface area (Å²) in [6.45, 7) is 0. The van der Waals surface area contributed by atoms with Crippen molar-refractivity contribution >= 4 is 45.4 Å². The van der Waals surface area contributed by atoms with Crippen LogP contribution in [0.15, 0.2) is 53.1 Å². The SMILES string of the molecule is O=Cc1c(-c2ccccc2Cl)nn(-c2ccccc2Cl)c1Br. The molecule has 0 N–H and O–H groups in total. The number of carbonyl (C=O) groups is 1. The van der Waals surface area contributed by atoms with Gasteiger partial charge in [0.2, 0.25) is 0 Å². The van der Waals surface area contributed by atoms with Gasteiger partial charge in [0.25, 0.3) is 0 Å². The molecule has 0 aliphatic carbocycles. The van der Waals surface area contributed by atoms with Crippen molar-refractivity contribution in [2.75, 3.05) is 0 Å². The molecule has 6 heteroatoms. The van der Waals surface area contributed by atoms with E-state index in [9.17, 15) is 4.79 Å². The van der Waals surface area contributed by atoms with Crippen molar-refractivity contribution in [3.63, 3.8) is 0 Å². The van der Waals surface area contributed by atoms with E-state index in [1.165, 1.54) is 0 Å². The molecule has 0 saturated carbocycles. The molecule has 0 amide bonds. The van der Waals surface area contributed by atoms with E-state index >= 15 is 0 Å². The van der Waals surface area contributed by atoms with Crippen molar-refractivity contribution in [1.29, 1.82) is 0 Å². The predicted molar refractivity (Wildman–Crippen MR) is 92.1 cm³/mol. The molecule has 1 heterocycles. The van der Waals surface area contributed by atoms with Gasteiger partial charge in [0.1, 0.15) is 10.3 Å². The second kappa shape index (κ2) is 6.24. The zero-order valence-corrected chi connectivity index (χ0v) is 14.2. The molecule has 0 fully saturated rings. The number of nitrogens with zero attached hydrogens (tertiary/aromatic N) is 2. The van der Waals surface area contributed by atoms with Gasteiger partial charge in [-0.3, -0.25) is 4.79 Å². The van der Waals surface area contributed by atoms with Crippen LogP contribution in [-0.4, -0.2) is 16.1 Å². The van der Waals surface area contributed by atoms with Crippen LogP contribution in [-0.2, 0) is 0 Å². The number of carbonyl (C=O) groups excluding carboxylic acids is 1. The molecule has 2 aromatic carbocycles. The van der Waals surface area contributed by atoms with Crippen molar-refractivity contribution in [3.05, 3.63) is 68.7 Å². The largest absolute Gasteiger partial charge is 0.298 e. The quantitative estimate of drug-likeness (QED) is 0.555. The molecule has 3 aromatic rings. The van der Waals surface area contributed by atoms with Crippen molar-refractivity contribution < 1.29 is 4.79 Å². The van der Waals surface area contributed by atoms with Crippen molar-refractivity contribution in [2.45, 2.75) is 0 Å². The molecule has 0 radical (unpaired) electrons. The summed E-state index contributed by atoms with van der Waals surface area (Å²) in [4.78, 5) is 11.5. The number of halogens is 3. The van der Waals surface area contributed by atoms with E-state index in [2.05, 4.69) is 21.0 Å². The van der Waals surface area contributed by atoms with E-state index in [-0.39, 0.29) is 0 Å². The van der Waals surface area contributed by atoms with Crippen LogP contribution in [0.1, 0.15) is 10.4 Å². The third-order valence-electron chi connectivity index (χ3n) is 3.19. The number of hydrogen-bond acceptors (Lipinski definition) is 2. The minimum Gasteiger partial charge on any atom is -0.298 e. The zero-order valence-electron chi connectivity index (χ0n) is 11.1. The van der Waals surface area contributed by atoms with Crippen LogP contribution < -0.4 is 0 Å². The molecule has 3 rings (SSSR count). The molecule has 0 bridgehead atoms. The van der Waals surface area contributed by atoms with Gasteiger partial charge in [-0.2, -0.15) is 5.10 Å². The molecule has 0 saturated heterocycles. The Kier molecular flexibility index (Phi) is 4.34. The molecular weight excluding hydrogens is 387 g/mol. The maximum Gasteiger partial charge on any atom is 0.155 e. The monoisotopic (exact) mass is 394 g/mol. The second-order valence-electron chi connectivity index (χ2n) is 4.51. The van der Waals surface area contributed by atoms with Crippen LogP contribution in [0, 0.1) is 0 Å². The van der Waals surface area contributed by atoms with Crippen LogP contribution in [0.5, 0.6) is 0 Å². The molecule has 0 aliphatic rings. The smallest absolute Gasteiger partial charge is 0.155 e. The molecule has 3 nitrogen and oxygen atoms in total. The van der Waals surface area contributed by atoms with Crippen LogP contribution in [0.2, 0.25) is 10.0 Å². The first-order chi connectivity index (χ1) is 10.6. The lowest BCUT2D eigenvalue weighted by Gasteiger charge is -2.05. The summed E-state index contributed by atoms with van der Waals surface area (Å²) in [5, 5.41) is 5.58. The molecule has 0 spiro atoms. The minimum absolute atomic E-state index is 0.424. The van der Waals surface area contributed by atoms with Gasteiger partial charge < -0.3 is 0 Å². The zero-order chi connectivity index (χ0) is 15.7. The van der Waals surface area contributed by atoms with E-state index in [1.54, 1.807) is 16.8 Å². The molecule has 110 valence electrons. The fraction of sp³-hybridized carbons (Fsp3) is 0. The lowest BCUT2D eigenvalue weighted by atomic mass is 10.1. The first kappa shape index (κ1) is 15.3. The lowest BCUT2D eigenvalue weighted by molar-refractivity contribution is 0.112. The molecule has 1 aromatic heterocycles. The van der Waals surface area contributed by atoms with Gasteiger partial charge >= 0.3 is 0 Å².